The summed E-state index contributed by atoms with van der Waals surface area (Å²) in [6.45, 7) is 9.16. The van der Waals surface area contributed by atoms with Crippen LogP contribution in [0.4, 0.5) is 0 Å². The van der Waals surface area contributed by atoms with Crippen LogP contribution in [-0.2, 0) is 16.6 Å². The Labute approximate surface area is 109 Å². The van der Waals surface area contributed by atoms with E-state index in [4.69, 9.17) is 4.42 Å². The third-order valence-corrected chi connectivity index (χ3v) is 3.68. The highest BCUT2D eigenvalue weighted by Crippen LogP contribution is 2.14. The van der Waals surface area contributed by atoms with E-state index >= 15 is 0 Å². The quantitative estimate of drug-likeness (QED) is 0.794. The van der Waals surface area contributed by atoms with Gasteiger partial charge in [-0.15, -0.1) is 0 Å². The Balaban J connectivity index is 2.63. The first-order valence-corrected chi connectivity index (χ1v) is 7.61. The van der Waals surface area contributed by atoms with E-state index in [1.165, 1.54) is 6.07 Å². The van der Waals surface area contributed by atoms with E-state index in [1.54, 1.807) is 19.9 Å². The maximum absolute atomic E-state index is 11.8. The number of sulfonamides is 1. The van der Waals surface area contributed by atoms with E-state index in [0.717, 1.165) is 6.54 Å². The normalized spacial score (nSPS) is 12.6. The van der Waals surface area contributed by atoms with Gasteiger partial charge in [-0.3, -0.25) is 0 Å². The van der Waals surface area contributed by atoms with Crippen LogP contribution < -0.4 is 10.0 Å². The molecule has 5 nitrogen and oxygen atoms in total. The van der Waals surface area contributed by atoms with Gasteiger partial charge in [-0.1, -0.05) is 13.8 Å². The molecule has 0 unspecified atom stereocenters. The fourth-order valence-corrected chi connectivity index (χ4v) is 2.65. The second kappa shape index (κ2) is 6.36. The van der Waals surface area contributed by atoms with Crippen molar-refractivity contribution in [1.82, 2.24) is 10.0 Å². The van der Waals surface area contributed by atoms with Gasteiger partial charge in [0.1, 0.15) is 5.76 Å². The number of nitrogens with one attached hydrogen (secondary N) is 2. The molecule has 1 aromatic heterocycles. The van der Waals surface area contributed by atoms with Crippen molar-refractivity contribution in [3.05, 3.63) is 17.9 Å². The van der Waals surface area contributed by atoms with Gasteiger partial charge in [0.05, 0.1) is 6.54 Å². The average molecular weight is 274 g/mol. The van der Waals surface area contributed by atoms with Gasteiger partial charge >= 0.3 is 0 Å². The molecule has 0 aliphatic carbocycles. The van der Waals surface area contributed by atoms with Crippen LogP contribution in [0.5, 0.6) is 0 Å². The van der Waals surface area contributed by atoms with Crippen LogP contribution in [0, 0.1) is 5.92 Å². The average Bonchev–Trinajstić information content (AvgIpc) is 2.64. The Morgan fingerprint density at radius 2 is 1.89 bits per heavy atom. The molecule has 0 aliphatic heterocycles. The lowest BCUT2D eigenvalue weighted by Crippen LogP contribution is -2.29. The predicted molar refractivity (Wildman–Crippen MR) is 70.7 cm³/mol. The van der Waals surface area contributed by atoms with Crippen molar-refractivity contribution in [2.24, 2.45) is 5.92 Å². The molecule has 0 fully saturated rings. The van der Waals surface area contributed by atoms with Crippen molar-refractivity contribution in [3.63, 3.8) is 0 Å². The van der Waals surface area contributed by atoms with Gasteiger partial charge in [0.2, 0.25) is 5.09 Å². The lowest BCUT2D eigenvalue weighted by atomic mass is 10.2. The van der Waals surface area contributed by atoms with Crippen molar-refractivity contribution >= 4 is 10.0 Å². The first kappa shape index (κ1) is 15.2. The van der Waals surface area contributed by atoms with Gasteiger partial charge < -0.3 is 9.73 Å². The summed E-state index contributed by atoms with van der Waals surface area (Å²) in [5.74, 6) is 1.17. The van der Waals surface area contributed by atoms with Crippen LogP contribution in [0.15, 0.2) is 21.6 Å². The number of rotatable bonds is 7. The summed E-state index contributed by atoms with van der Waals surface area (Å²) in [6.07, 6.45) is 0. The lowest BCUT2D eigenvalue weighted by Gasteiger charge is -2.07. The molecule has 0 aliphatic rings. The molecule has 0 amide bonds. The third kappa shape index (κ3) is 4.80. The maximum Gasteiger partial charge on any atom is 0.274 e. The summed E-state index contributed by atoms with van der Waals surface area (Å²) in [7, 11) is -3.52. The first-order chi connectivity index (χ1) is 8.31. The van der Waals surface area contributed by atoms with Crippen LogP contribution in [0.25, 0.3) is 0 Å². The van der Waals surface area contributed by atoms with Gasteiger partial charge in [0.15, 0.2) is 0 Å². The zero-order valence-corrected chi connectivity index (χ0v) is 12.2. The molecule has 0 bridgehead atoms. The lowest BCUT2D eigenvalue weighted by molar-refractivity contribution is 0.393. The van der Waals surface area contributed by atoms with Crippen LogP contribution in [-0.4, -0.2) is 21.0 Å². The van der Waals surface area contributed by atoms with Gasteiger partial charge in [0, 0.05) is 6.04 Å². The van der Waals surface area contributed by atoms with Crippen molar-refractivity contribution in [2.45, 2.75) is 45.4 Å². The van der Waals surface area contributed by atoms with Crippen molar-refractivity contribution < 1.29 is 12.8 Å². The van der Waals surface area contributed by atoms with Gasteiger partial charge in [-0.05, 0) is 38.4 Å². The van der Waals surface area contributed by atoms with E-state index in [2.05, 4.69) is 23.9 Å². The smallest absolute Gasteiger partial charge is 0.274 e. The minimum atomic E-state index is -3.52. The fourth-order valence-electron chi connectivity index (χ4n) is 1.45. The largest absolute Gasteiger partial charge is 0.447 e. The summed E-state index contributed by atoms with van der Waals surface area (Å²) in [5.41, 5.74) is 0. The Morgan fingerprint density at radius 1 is 1.22 bits per heavy atom. The van der Waals surface area contributed by atoms with Gasteiger partial charge in [-0.2, -0.15) is 0 Å². The summed E-state index contributed by atoms with van der Waals surface area (Å²) in [6, 6.07) is 3.02. The monoisotopic (exact) mass is 274 g/mol. The standard InChI is InChI=1S/C12H22N2O3S/c1-9(2)7-13-8-11-5-6-12(17-11)18(15,16)14-10(3)4/h5-6,9-10,13-14H,7-8H2,1-4H3. The molecule has 0 atom stereocenters. The molecule has 1 heterocycles. The third-order valence-electron chi connectivity index (χ3n) is 2.14. The Hall–Kier alpha value is -0.850. The number of hydrogen-bond donors (Lipinski definition) is 2. The highest BCUT2D eigenvalue weighted by molar-refractivity contribution is 7.89. The van der Waals surface area contributed by atoms with Crippen molar-refractivity contribution in [2.75, 3.05) is 6.54 Å². The van der Waals surface area contributed by atoms with Crippen LogP contribution in [0.2, 0.25) is 0 Å². The van der Waals surface area contributed by atoms with E-state index < -0.39 is 10.0 Å². The molecule has 6 heteroatoms. The summed E-state index contributed by atoms with van der Waals surface area (Å²) in [4.78, 5) is 0. The van der Waals surface area contributed by atoms with Gasteiger partial charge in [-0.25, -0.2) is 13.1 Å². The number of furan rings is 1. The molecular weight excluding hydrogens is 252 g/mol. The van der Waals surface area contributed by atoms with Crippen LogP contribution >= 0.6 is 0 Å². The maximum atomic E-state index is 11.8. The molecule has 2 N–H and O–H groups in total. The Morgan fingerprint density at radius 3 is 2.44 bits per heavy atom. The molecule has 0 aromatic carbocycles. The summed E-state index contributed by atoms with van der Waals surface area (Å²) < 4.78 is 31.4. The molecule has 0 saturated heterocycles. The molecule has 0 spiro atoms. The fraction of sp³-hybridized carbons (Fsp3) is 0.667. The SMILES string of the molecule is CC(C)CNCc1ccc(S(=O)(=O)NC(C)C)o1. The molecule has 104 valence electrons. The molecule has 1 aromatic rings. The second-order valence-electron chi connectivity index (χ2n) is 5.02. The molecule has 18 heavy (non-hydrogen) atoms. The Bertz CT molecular complexity index is 463. The predicted octanol–water partition coefficient (Wildman–Crippen LogP) is 1.71. The zero-order chi connectivity index (χ0) is 13.8. The van der Waals surface area contributed by atoms with E-state index in [0.29, 0.717) is 18.2 Å². The topological polar surface area (TPSA) is 71.3 Å². The van der Waals surface area contributed by atoms with E-state index in [-0.39, 0.29) is 11.1 Å². The van der Waals surface area contributed by atoms with Crippen molar-refractivity contribution in [1.29, 1.82) is 0 Å². The van der Waals surface area contributed by atoms with Crippen LogP contribution in [0.3, 0.4) is 0 Å². The van der Waals surface area contributed by atoms with Crippen LogP contribution in [0.1, 0.15) is 33.5 Å². The van der Waals surface area contributed by atoms with Gasteiger partial charge in [0.25, 0.3) is 10.0 Å². The highest BCUT2D eigenvalue weighted by atomic mass is 32.2. The van der Waals surface area contributed by atoms with E-state index in [1.807, 2.05) is 0 Å². The molecule has 1 rings (SSSR count). The van der Waals surface area contributed by atoms with E-state index in [9.17, 15) is 8.42 Å². The summed E-state index contributed by atoms with van der Waals surface area (Å²) in [5, 5.41) is 3.17. The minimum absolute atomic E-state index is 0.0300. The minimum Gasteiger partial charge on any atom is -0.447 e. The zero-order valence-electron chi connectivity index (χ0n) is 11.4. The Kier molecular flexibility index (Phi) is 5.37. The first-order valence-electron chi connectivity index (χ1n) is 6.13. The summed E-state index contributed by atoms with van der Waals surface area (Å²) >= 11 is 0. The second-order valence-corrected chi connectivity index (χ2v) is 6.67. The van der Waals surface area contributed by atoms with Crippen molar-refractivity contribution in [3.8, 4) is 0 Å². The molecular formula is C12H22N2O3S. The highest BCUT2D eigenvalue weighted by Gasteiger charge is 2.19. The molecule has 0 saturated carbocycles. The number of hydrogen-bond acceptors (Lipinski definition) is 4. The molecule has 0 radical (unpaired) electrons.